The quantitative estimate of drug-likeness (QED) is 0.392. The van der Waals surface area contributed by atoms with Gasteiger partial charge in [-0.15, -0.1) is 11.3 Å². The number of anilines is 1. The molecule has 1 aromatic heterocycles. The number of piperidine rings is 1. The minimum atomic E-state index is 0.122. The third-order valence-corrected chi connectivity index (χ3v) is 7.23. The van der Waals surface area contributed by atoms with Crippen LogP contribution >= 0.6 is 27.3 Å². The van der Waals surface area contributed by atoms with Crippen LogP contribution in [0.15, 0.2) is 64.5 Å². The summed E-state index contributed by atoms with van der Waals surface area (Å²) in [5.41, 5.74) is 3.52. The number of aryl methyl sites for hydroxylation is 1. The summed E-state index contributed by atoms with van der Waals surface area (Å²) >= 11 is 5.16. The molecule has 0 spiro atoms. The van der Waals surface area contributed by atoms with Gasteiger partial charge in [0.25, 0.3) is 0 Å². The molecule has 1 amide bonds. The number of carbonyl (C=O) groups excluding carboxylic acids is 1. The first-order valence-corrected chi connectivity index (χ1v) is 12.6. The molecule has 0 unspecified atom stereocenters. The van der Waals surface area contributed by atoms with Gasteiger partial charge in [-0.1, -0.05) is 58.4 Å². The average molecular weight is 498 g/mol. The number of carbonyl (C=O) groups is 1. The smallest absolute Gasteiger partial charge is 0.223 e. The molecule has 162 valence electrons. The second-order valence-electron chi connectivity index (χ2n) is 8.02. The minimum Gasteiger partial charge on any atom is -0.356 e. The van der Waals surface area contributed by atoms with Crippen LogP contribution in [0.25, 0.3) is 11.3 Å². The van der Waals surface area contributed by atoms with Crippen molar-refractivity contribution < 1.29 is 4.79 Å². The van der Waals surface area contributed by atoms with Crippen LogP contribution in [-0.2, 0) is 11.2 Å². The van der Waals surface area contributed by atoms with Crippen LogP contribution in [0.3, 0.4) is 0 Å². The van der Waals surface area contributed by atoms with E-state index >= 15 is 0 Å². The lowest BCUT2D eigenvalue weighted by Gasteiger charge is -2.31. The second kappa shape index (κ2) is 10.9. The Morgan fingerprint density at radius 2 is 1.81 bits per heavy atom. The van der Waals surface area contributed by atoms with Crippen LogP contribution in [0.1, 0.15) is 31.2 Å². The zero-order valence-corrected chi connectivity index (χ0v) is 20.0. The molecule has 3 aromatic rings. The van der Waals surface area contributed by atoms with Gasteiger partial charge in [-0.3, -0.25) is 4.79 Å². The molecular formula is C25H28BrN3OS. The highest BCUT2D eigenvalue weighted by molar-refractivity contribution is 9.10. The van der Waals surface area contributed by atoms with Crippen molar-refractivity contribution in [2.24, 2.45) is 5.92 Å². The van der Waals surface area contributed by atoms with Crippen molar-refractivity contribution in [1.82, 2.24) is 10.3 Å². The molecule has 1 N–H and O–H groups in total. The maximum absolute atomic E-state index is 12.5. The van der Waals surface area contributed by atoms with Gasteiger partial charge in [0.2, 0.25) is 5.91 Å². The number of unbranched alkanes of at least 4 members (excludes halogenated alkanes) is 1. The molecule has 0 saturated carbocycles. The first-order valence-electron chi connectivity index (χ1n) is 11.0. The third kappa shape index (κ3) is 6.17. The zero-order chi connectivity index (χ0) is 21.5. The Bertz CT molecular complexity index is 966. The van der Waals surface area contributed by atoms with Gasteiger partial charge in [-0.25, -0.2) is 4.98 Å². The molecule has 1 saturated heterocycles. The summed E-state index contributed by atoms with van der Waals surface area (Å²) in [6.45, 7) is 2.55. The van der Waals surface area contributed by atoms with E-state index in [0.29, 0.717) is 0 Å². The van der Waals surface area contributed by atoms with Crippen molar-refractivity contribution in [1.29, 1.82) is 0 Å². The third-order valence-electron chi connectivity index (χ3n) is 5.80. The number of rotatable bonds is 8. The van der Waals surface area contributed by atoms with Crippen molar-refractivity contribution in [3.63, 3.8) is 0 Å². The summed E-state index contributed by atoms with van der Waals surface area (Å²) in [7, 11) is 0. The van der Waals surface area contributed by atoms with E-state index in [1.807, 2.05) is 18.2 Å². The van der Waals surface area contributed by atoms with Crippen LogP contribution in [0.5, 0.6) is 0 Å². The van der Waals surface area contributed by atoms with Gasteiger partial charge in [0, 0.05) is 41.0 Å². The Kier molecular flexibility index (Phi) is 7.76. The number of hydrogen-bond acceptors (Lipinski definition) is 4. The van der Waals surface area contributed by atoms with Crippen molar-refractivity contribution in [3.05, 3.63) is 70.0 Å². The topological polar surface area (TPSA) is 45.2 Å². The molecule has 0 aliphatic carbocycles. The van der Waals surface area contributed by atoms with Gasteiger partial charge in [-0.05, 0) is 49.8 Å². The summed E-state index contributed by atoms with van der Waals surface area (Å²) in [5.74, 6) is 0.338. The molecule has 2 aromatic carbocycles. The Balaban J connectivity index is 1.18. The van der Waals surface area contributed by atoms with Crippen molar-refractivity contribution in [3.8, 4) is 11.3 Å². The molecule has 0 atom stereocenters. The summed E-state index contributed by atoms with van der Waals surface area (Å²) < 4.78 is 1.07. The lowest BCUT2D eigenvalue weighted by Crippen LogP contribution is -2.40. The van der Waals surface area contributed by atoms with Gasteiger partial charge in [0.15, 0.2) is 5.13 Å². The molecule has 0 bridgehead atoms. The number of thiazole rings is 1. The van der Waals surface area contributed by atoms with Crippen LogP contribution in [0.2, 0.25) is 0 Å². The lowest BCUT2D eigenvalue weighted by atomic mass is 9.96. The van der Waals surface area contributed by atoms with E-state index in [9.17, 15) is 4.79 Å². The number of nitrogens with zero attached hydrogens (tertiary/aromatic N) is 2. The van der Waals surface area contributed by atoms with E-state index in [1.54, 1.807) is 11.3 Å². The molecule has 0 radical (unpaired) electrons. The highest BCUT2D eigenvalue weighted by Gasteiger charge is 2.26. The van der Waals surface area contributed by atoms with E-state index in [1.165, 1.54) is 5.56 Å². The van der Waals surface area contributed by atoms with Crippen LogP contribution in [-0.4, -0.2) is 30.5 Å². The standard InChI is InChI=1S/C25H28BrN3OS/c26-22-11-9-20(10-12-22)23-18-31-25(28-23)29-16-13-21(14-17-29)24(30)27-15-5-4-8-19-6-2-1-3-7-19/h1-3,6-7,9-12,18,21H,4-5,8,13-17H2,(H,27,30). The highest BCUT2D eigenvalue weighted by Crippen LogP contribution is 2.31. The Hall–Kier alpha value is -2.18. The first kappa shape index (κ1) is 22.0. The largest absolute Gasteiger partial charge is 0.356 e. The predicted molar refractivity (Wildman–Crippen MR) is 133 cm³/mol. The summed E-state index contributed by atoms with van der Waals surface area (Å²) in [6, 6.07) is 18.8. The van der Waals surface area contributed by atoms with Crippen molar-refractivity contribution >= 4 is 38.3 Å². The van der Waals surface area contributed by atoms with E-state index < -0.39 is 0 Å². The Morgan fingerprint density at radius 1 is 1.06 bits per heavy atom. The molecule has 4 nitrogen and oxygen atoms in total. The first-order chi connectivity index (χ1) is 15.2. The lowest BCUT2D eigenvalue weighted by molar-refractivity contribution is -0.125. The van der Waals surface area contributed by atoms with Gasteiger partial charge in [0.05, 0.1) is 5.69 Å². The minimum absolute atomic E-state index is 0.122. The molecule has 1 fully saturated rings. The van der Waals surface area contributed by atoms with Crippen LogP contribution < -0.4 is 10.2 Å². The van der Waals surface area contributed by atoms with E-state index in [2.05, 4.69) is 67.9 Å². The number of halogens is 1. The van der Waals surface area contributed by atoms with Gasteiger partial charge in [-0.2, -0.15) is 0 Å². The Morgan fingerprint density at radius 3 is 2.55 bits per heavy atom. The number of hydrogen-bond donors (Lipinski definition) is 1. The SMILES string of the molecule is O=C(NCCCCc1ccccc1)C1CCN(c2nc(-c3ccc(Br)cc3)cs2)CC1. The fraction of sp³-hybridized carbons (Fsp3) is 0.360. The number of benzene rings is 2. The number of nitrogens with one attached hydrogen (secondary N) is 1. The summed E-state index contributed by atoms with van der Waals surface area (Å²) in [4.78, 5) is 19.7. The molecule has 2 heterocycles. The molecule has 31 heavy (non-hydrogen) atoms. The van der Waals surface area contributed by atoms with Gasteiger partial charge >= 0.3 is 0 Å². The molecule has 4 rings (SSSR count). The summed E-state index contributed by atoms with van der Waals surface area (Å²) in [5, 5.41) is 6.32. The molecule has 1 aliphatic heterocycles. The fourth-order valence-electron chi connectivity index (χ4n) is 3.95. The molecule has 1 aliphatic rings. The number of amides is 1. The number of aromatic nitrogens is 1. The van der Waals surface area contributed by atoms with Gasteiger partial charge in [0.1, 0.15) is 0 Å². The molecule has 6 heteroatoms. The normalized spacial score (nSPS) is 14.5. The zero-order valence-electron chi connectivity index (χ0n) is 17.6. The van der Waals surface area contributed by atoms with Crippen molar-refractivity contribution in [2.45, 2.75) is 32.1 Å². The average Bonchev–Trinajstić information content (AvgIpc) is 3.30. The predicted octanol–water partition coefficient (Wildman–Crippen LogP) is 5.93. The van der Waals surface area contributed by atoms with Gasteiger partial charge < -0.3 is 10.2 Å². The Labute approximate surface area is 196 Å². The summed E-state index contributed by atoms with van der Waals surface area (Å²) in [6.07, 6.45) is 4.99. The maximum Gasteiger partial charge on any atom is 0.223 e. The van der Waals surface area contributed by atoms with E-state index in [0.717, 1.165) is 72.6 Å². The van der Waals surface area contributed by atoms with Crippen LogP contribution in [0, 0.1) is 5.92 Å². The second-order valence-corrected chi connectivity index (χ2v) is 9.77. The monoisotopic (exact) mass is 497 g/mol. The molecular weight excluding hydrogens is 470 g/mol. The van der Waals surface area contributed by atoms with E-state index in [4.69, 9.17) is 4.98 Å². The van der Waals surface area contributed by atoms with E-state index in [-0.39, 0.29) is 11.8 Å². The highest BCUT2D eigenvalue weighted by atomic mass is 79.9. The van der Waals surface area contributed by atoms with Crippen LogP contribution in [0.4, 0.5) is 5.13 Å². The maximum atomic E-state index is 12.5. The van der Waals surface area contributed by atoms with Crippen molar-refractivity contribution in [2.75, 3.05) is 24.5 Å². The fourth-order valence-corrected chi connectivity index (χ4v) is 5.10.